The standard InChI is InChI=1S/C23H31F3N6.HI/c1-16-29-20-19(10-7-13-32(20)31-16)30-21(27-2)28-15-22(11-4-3-5-12-22)17-8-6-9-18(14-17)23(24,25)26;/h6,8-9,14,19H,3-5,7,10-13,15H2,1-2H3,(H2,27,28,30);1H. The summed E-state index contributed by atoms with van der Waals surface area (Å²) in [5, 5.41) is 11.3. The van der Waals surface area contributed by atoms with Gasteiger partial charge in [0, 0.05) is 25.6 Å². The summed E-state index contributed by atoms with van der Waals surface area (Å²) in [6.45, 7) is 3.28. The Bertz CT molecular complexity index is 965. The van der Waals surface area contributed by atoms with E-state index >= 15 is 0 Å². The molecular formula is C23H32F3IN6. The van der Waals surface area contributed by atoms with Crippen LogP contribution in [0.3, 0.4) is 0 Å². The Morgan fingerprint density at radius 3 is 2.67 bits per heavy atom. The van der Waals surface area contributed by atoms with Crippen LogP contribution >= 0.6 is 24.0 Å². The normalized spacial score (nSPS) is 20.5. The van der Waals surface area contributed by atoms with Crippen molar-refractivity contribution in [2.75, 3.05) is 13.6 Å². The highest BCUT2D eigenvalue weighted by atomic mass is 127. The van der Waals surface area contributed by atoms with Gasteiger partial charge in [-0.25, -0.2) is 9.67 Å². The summed E-state index contributed by atoms with van der Waals surface area (Å²) in [5.41, 5.74) is -0.178. The number of alkyl halides is 3. The summed E-state index contributed by atoms with van der Waals surface area (Å²) in [4.78, 5) is 8.95. The van der Waals surface area contributed by atoms with E-state index in [4.69, 9.17) is 0 Å². The van der Waals surface area contributed by atoms with E-state index in [-0.39, 0.29) is 35.4 Å². The second-order valence-corrected chi connectivity index (χ2v) is 8.92. The van der Waals surface area contributed by atoms with E-state index in [1.165, 1.54) is 12.1 Å². The van der Waals surface area contributed by atoms with Gasteiger partial charge in [0.1, 0.15) is 11.6 Å². The van der Waals surface area contributed by atoms with Gasteiger partial charge in [-0.15, -0.1) is 24.0 Å². The fourth-order valence-corrected chi connectivity index (χ4v) is 5.04. The first-order valence-electron chi connectivity index (χ1n) is 11.4. The van der Waals surface area contributed by atoms with Gasteiger partial charge in [0.15, 0.2) is 5.96 Å². The fraction of sp³-hybridized carbons (Fsp3) is 0.609. The Morgan fingerprint density at radius 2 is 1.97 bits per heavy atom. The largest absolute Gasteiger partial charge is 0.416 e. The van der Waals surface area contributed by atoms with Gasteiger partial charge in [0.05, 0.1) is 11.6 Å². The van der Waals surface area contributed by atoms with Crippen LogP contribution in [0.25, 0.3) is 0 Å². The fourth-order valence-electron chi connectivity index (χ4n) is 5.04. The van der Waals surface area contributed by atoms with Crippen molar-refractivity contribution in [1.29, 1.82) is 0 Å². The number of guanidine groups is 1. The number of rotatable bonds is 4. The molecule has 10 heteroatoms. The molecule has 1 fully saturated rings. The van der Waals surface area contributed by atoms with Crippen LogP contribution in [-0.4, -0.2) is 34.3 Å². The molecular weight excluding hydrogens is 544 g/mol. The molecule has 2 heterocycles. The van der Waals surface area contributed by atoms with Gasteiger partial charge in [-0.05, 0) is 44.2 Å². The van der Waals surface area contributed by atoms with Gasteiger partial charge in [-0.3, -0.25) is 4.99 Å². The molecule has 33 heavy (non-hydrogen) atoms. The Balaban J connectivity index is 0.00000306. The number of hydrogen-bond donors (Lipinski definition) is 2. The van der Waals surface area contributed by atoms with E-state index in [0.717, 1.165) is 74.8 Å². The van der Waals surface area contributed by atoms with E-state index < -0.39 is 11.7 Å². The topological polar surface area (TPSA) is 67.1 Å². The zero-order valence-corrected chi connectivity index (χ0v) is 21.4. The van der Waals surface area contributed by atoms with Crippen molar-refractivity contribution in [3.63, 3.8) is 0 Å². The van der Waals surface area contributed by atoms with Gasteiger partial charge < -0.3 is 10.6 Å². The second kappa shape index (κ2) is 10.6. The predicted octanol–water partition coefficient (Wildman–Crippen LogP) is 5.13. The average molecular weight is 576 g/mol. The van der Waals surface area contributed by atoms with E-state index in [1.807, 2.05) is 17.7 Å². The van der Waals surface area contributed by atoms with Crippen molar-refractivity contribution in [2.24, 2.45) is 4.99 Å². The van der Waals surface area contributed by atoms with Gasteiger partial charge in [-0.2, -0.15) is 18.3 Å². The Labute approximate surface area is 209 Å². The Morgan fingerprint density at radius 1 is 1.21 bits per heavy atom. The SMILES string of the molecule is CN=C(NCC1(c2cccc(C(F)(F)F)c2)CCCCC1)NC1CCCn2nc(C)nc21.I. The molecule has 0 bridgehead atoms. The number of nitrogens with zero attached hydrogens (tertiary/aromatic N) is 4. The predicted molar refractivity (Wildman–Crippen MR) is 133 cm³/mol. The highest BCUT2D eigenvalue weighted by Crippen LogP contribution is 2.41. The van der Waals surface area contributed by atoms with Crippen molar-refractivity contribution in [3.05, 3.63) is 47.0 Å². The van der Waals surface area contributed by atoms with Crippen molar-refractivity contribution in [3.8, 4) is 0 Å². The number of hydrogen-bond acceptors (Lipinski definition) is 3. The number of benzene rings is 1. The highest BCUT2D eigenvalue weighted by molar-refractivity contribution is 14.0. The smallest absolute Gasteiger partial charge is 0.356 e. The number of aliphatic imine (C=N–C) groups is 1. The Hall–Kier alpha value is -1.85. The average Bonchev–Trinajstić information content (AvgIpc) is 3.18. The lowest BCUT2D eigenvalue weighted by atomic mass is 9.69. The van der Waals surface area contributed by atoms with Crippen molar-refractivity contribution in [2.45, 2.75) is 76.0 Å². The maximum absolute atomic E-state index is 13.4. The van der Waals surface area contributed by atoms with E-state index in [9.17, 15) is 13.2 Å². The molecule has 2 aliphatic rings. The van der Waals surface area contributed by atoms with Crippen molar-refractivity contribution in [1.82, 2.24) is 25.4 Å². The third-order valence-electron chi connectivity index (χ3n) is 6.72. The van der Waals surface area contributed by atoms with Gasteiger partial charge >= 0.3 is 6.18 Å². The molecule has 1 aliphatic carbocycles. The maximum atomic E-state index is 13.4. The quantitative estimate of drug-likeness (QED) is 0.301. The molecule has 2 N–H and O–H groups in total. The number of nitrogens with one attached hydrogen (secondary N) is 2. The van der Waals surface area contributed by atoms with E-state index in [2.05, 4.69) is 25.7 Å². The molecule has 1 atom stereocenters. The molecule has 0 spiro atoms. The minimum atomic E-state index is -4.34. The summed E-state index contributed by atoms with van der Waals surface area (Å²) >= 11 is 0. The first kappa shape index (κ1) is 25.8. The molecule has 0 radical (unpaired) electrons. The first-order chi connectivity index (χ1) is 15.3. The zero-order valence-electron chi connectivity index (χ0n) is 19.1. The third-order valence-corrected chi connectivity index (χ3v) is 6.72. The van der Waals surface area contributed by atoms with Crippen LogP contribution in [0.4, 0.5) is 13.2 Å². The number of fused-ring (bicyclic) bond motifs is 1. The number of aromatic nitrogens is 3. The molecule has 4 rings (SSSR count). The minimum absolute atomic E-state index is 0. The van der Waals surface area contributed by atoms with E-state index in [0.29, 0.717) is 12.5 Å². The molecule has 2 aromatic rings. The van der Waals surface area contributed by atoms with E-state index in [1.54, 1.807) is 7.05 Å². The summed E-state index contributed by atoms with van der Waals surface area (Å²) < 4.78 is 42.0. The zero-order chi connectivity index (χ0) is 22.8. The number of halogens is 4. The summed E-state index contributed by atoms with van der Waals surface area (Å²) in [6.07, 6.45) is 2.43. The molecule has 1 unspecified atom stereocenters. The summed E-state index contributed by atoms with van der Waals surface area (Å²) in [7, 11) is 1.71. The van der Waals surface area contributed by atoms with Gasteiger partial charge in [-0.1, -0.05) is 37.5 Å². The monoisotopic (exact) mass is 576 g/mol. The summed E-state index contributed by atoms with van der Waals surface area (Å²) in [5.74, 6) is 2.30. The highest BCUT2D eigenvalue weighted by Gasteiger charge is 2.37. The van der Waals surface area contributed by atoms with Crippen LogP contribution in [0, 0.1) is 6.92 Å². The third kappa shape index (κ3) is 5.81. The lowest BCUT2D eigenvalue weighted by molar-refractivity contribution is -0.137. The van der Waals surface area contributed by atoms with Gasteiger partial charge in [0.25, 0.3) is 0 Å². The minimum Gasteiger partial charge on any atom is -0.356 e. The maximum Gasteiger partial charge on any atom is 0.416 e. The second-order valence-electron chi connectivity index (χ2n) is 8.92. The first-order valence-corrected chi connectivity index (χ1v) is 11.4. The molecule has 0 saturated heterocycles. The lowest BCUT2D eigenvalue weighted by Crippen LogP contribution is -2.48. The van der Waals surface area contributed by atoms with Crippen LogP contribution in [0.5, 0.6) is 0 Å². The van der Waals surface area contributed by atoms with Crippen molar-refractivity contribution >= 4 is 29.9 Å². The van der Waals surface area contributed by atoms with Crippen LogP contribution in [0.15, 0.2) is 29.3 Å². The molecule has 6 nitrogen and oxygen atoms in total. The Kier molecular flexibility index (Phi) is 8.28. The molecule has 1 saturated carbocycles. The summed E-state index contributed by atoms with van der Waals surface area (Å²) in [6, 6.07) is 5.85. The number of aryl methyl sites for hydroxylation is 2. The van der Waals surface area contributed by atoms with Gasteiger partial charge in [0.2, 0.25) is 0 Å². The molecule has 1 aromatic carbocycles. The molecule has 1 aromatic heterocycles. The lowest BCUT2D eigenvalue weighted by Gasteiger charge is -2.39. The molecule has 0 amide bonds. The van der Waals surface area contributed by atoms with Crippen LogP contribution in [-0.2, 0) is 18.1 Å². The van der Waals surface area contributed by atoms with Crippen LogP contribution < -0.4 is 10.6 Å². The molecule has 1 aliphatic heterocycles. The van der Waals surface area contributed by atoms with Crippen LogP contribution in [0.2, 0.25) is 0 Å². The van der Waals surface area contributed by atoms with Crippen molar-refractivity contribution < 1.29 is 13.2 Å². The van der Waals surface area contributed by atoms with Crippen LogP contribution in [0.1, 0.15) is 73.8 Å². The molecule has 182 valence electrons.